The Morgan fingerprint density at radius 2 is 2.24 bits per heavy atom. The zero-order chi connectivity index (χ0) is 12.3. The van der Waals surface area contributed by atoms with Crippen LogP contribution in [0, 0.1) is 0 Å². The fraction of sp³-hybridized carbons (Fsp3) is 0.0769. The maximum Gasteiger partial charge on any atom is 0.330 e. The van der Waals surface area contributed by atoms with Crippen LogP contribution in [0.1, 0.15) is 15.9 Å². The number of carbonyl (C=O) groups is 2. The third kappa shape index (κ3) is 2.25. The normalized spacial score (nSPS) is 10.9. The van der Waals surface area contributed by atoms with Gasteiger partial charge in [-0.2, -0.15) is 0 Å². The van der Waals surface area contributed by atoms with E-state index in [1.165, 1.54) is 13.2 Å². The van der Waals surface area contributed by atoms with Crippen LogP contribution in [0.3, 0.4) is 0 Å². The molecule has 0 bridgehead atoms. The van der Waals surface area contributed by atoms with E-state index in [1.807, 2.05) is 18.2 Å². The summed E-state index contributed by atoms with van der Waals surface area (Å²) in [4.78, 5) is 24.7. The molecule has 4 heteroatoms. The largest absolute Gasteiger partial charge is 0.466 e. The summed E-state index contributed by atoms with van der Waals surface area (Å²) in [6, 6.07) is 5.56. The highest BCUT2D eigenvalue weighted by atomic mass is 16.5. The highest BCUT2D eigenvalue weighted by Crippen LogP contribution is 2.19. The number of hydrogen-bond donors (Lipinski definition) is 1. The number of benzene rings is 1. The van der Waals surface area contributed by atoms with Crippen LogP contribution in [0.4, 0.5) is 0 Å². The zero-order valence-electron chi connectivity index (χ0n) is 9.27. The van der Waals surface area contributed by atoms with Crippen LogP contribution in [0.2, 0.25) is 0 Å². The first-order chi connectivity index (χ1) is 8.24. The first kappa shape index (κ1) is 11.1. The van der Waals surface area contributed by atoms with Gasteiger partial charge in [0.2, 0.25) is 0 Å². The lowest BCUT2D eigenvalue weighted by Gasteiger charge is -1.95. The number of nitrogens with one attached hydrogen (secondary N) is 1. The monoisotopic (exact) mass is 229 g/mol. The number of methoxy groups -OCH3 is 1. The molecule has 0 saturated heterocycles. The van der Waals surface area contributed by atoms with Gasteiger partial charge in [0.1, 0.15) is 0 Å². The number of esters is 1. The molecular weight excluding hydrogens is 218 g/mol. The van der Waals surface area contributed by atoms with Crippen molar-refractivity contribution in [1.29, 1.82) is 0 Å². The summed E-state index contributed by atoms with van der Waals surface area (Å²) in [6.07, 6.45) is 5.44. The number of aldehydes is 1. The van der Waals surface area contributed by atoms with E-state index in [0.29, 0.717) is 5.56 Å². The van der Waals surface area contributed by atoms with Crippen molar-refractivity contribution in [2.75, 3.05) is 7.11 Å². The average molecular weight is 229 g/mol. The lowest BCUT2D eigenvalue weighted by Crippen LogP contribution is -1.93. The number of carbonyl (C=O) groups excluding carboxylic acids is 2. The molecular formula is C13H11NO3. The second kappa shape index (κ2) is 4.65. The minimum absolute atomic E-state index is 0.408. The van der Waals surface area contributed by atoms with Crippen molar-refractivity contribution in [3.8, 4) is 0 Å². The number of aromatic amines is 1. The third-order valence-electron chi connectivity index (χ3n) is 2.48. The number of H-pyrrole nitrogens is 1. The molecule has 4 nitrogen and oxygen atoms in total. The van der Waals surface area contributed by atoms with E-state index in [-0.39, 0.29) is 0 Å². The van der Waals surface area contributed by atoms with Crippen molar-refractivity contribution in [1.82, 2.24) is 4.98 Å². The fourth-order valence-electron chi connectivity index (χ4n) is 1.59. The number of fused-ring (bicyclic) bond motifs is 1. The molecule has 0 fully saturated rings. The van der Waals surface area contributed by atoms with E-state index in [9.17, 15) is 9.59 Å². The Morgan fingerprint density at radius 3 is 2.94 bits per heavy atom. The fourth-order valence-corrected chi connectivity index (χ4v) is 1.59. The molecule has 0 aliphatic carbocycles. The van der Waals surface area contributed by atoms with Gasteiger partial charge in [-0.3, -0.25) is 4.79 Å². The Balaban J connectivity index is 2.39. The predicted molar refractivity (Wildman–Crippen MR) is 64.7 cm³/mol. The summed E-state index contributed by atoms with van der Waals surface area (Å²) in [5, 5.41) is 0.840. The molecule has 86 valence electrons. The van der Waals surface area contributed by atoms with Crippen LogP contribution in [-0.4, -0.2) is 24.3 Å². The van der Waals surface area contributed by atoms with Gasteiger partial charge in [0.15, 0.2) is 6.29 Å². The highest BCUT2D eigenvalue weighted by molar-refractivity contribution is 5.98. The summed E-state index contributed by atoms with van der Waals surface area (Å²) in [5.74, 6) is -0.408. The summed E-state index contributed by atoms with van der Waals surface area (Å²) in [5.41, 5.74) is 2.33. The third-order valence-corrected chi connectivity index (χ3v) is 2.48. The quantitative estimate of drug-likeness (QED) is 0.498. The van der Waals surface area contributed by atoms with Crippen LogP contribution >= 0.6 is 0 Å². The maximum absolute atomic E-state index is 11.0. The second-order valence-corrected chi connectivity index (χ2v) is 3.52. The van der Waals surface area contributed by atoms with E-state index in [1.54, 1.807) is 12.3 Å². The van der Waals surface area contributed by atoms with Crippen LogP contribution in [0.15, 0.2) is 30.5 Å². The van der Waals surface area contributed by atoms with Crippen molar-refractivity contribution in [2.24, 2.45) is 0 Å². The molecule has 0 aliphatic rings. The van der Waals surface area contributed by atoms with Gasteiger partial charge in [0, 0.05) is 28.7 Å². The second-order valence-electron chi connectivity index (χ2n) is 3.52. The van der Waals surface area contributed by atoms with E-state index in [2.05, 4.69) is 9.72 Å². The smallest absolute Gasteiger partial charge is 0.330 e. The molecule has 17 heavy (non-hydrogen) atoms. The number of aromatic nitrogens is 1. The number of ether oxygens (including phenoxy) is 1. The SMILES string of the molecule is COC(=O)C=Cc1ccc2[nH]cc(C=O)c2c1. The lowest BCUT2D eigenvalue weighted by molar-refractivity contribution is -0.134. The topological polar surface area (TPSA) is 59.2 Å². The Kier molecular flexibility index (Phi) is 3.05. The molecule has 0 spiro atoms. The Labute approximate surface area is 97.9 Å². The molecule has 0 amide bonds. The van der Waals surface area contributed by atoms with Gasteiger partial charge in [-0.15, -0.1) is 0 Å². The lowest BCUT2D eigenvalue weighted by atomic mass is 10.1. The van der Waals surface area contributed by atoms with Crippen molar-refractivity contribution in [3.63, 3.8) is 0 Å². The first-order valence-electron chi connectivity index (χ1n) is 5.07. The van der Waals surface area contributed by atoms with Crippen LogP contribution in [0.25, 0.3) is 17.0 Å². The zero-order valence-corrected chi connectivity index (χ0v) is 9.27. The highest BCUT2D eigenvalue weighted by Gasteiger charge is 2.02. The van der Waals surface area contributed by atoms with Gasteiger partial charge >= 0.3 is 5.97 Å². The molecule has 1 N–H and O–H groups in total. The van der Waals surface area contributed by atoms with Crippen molar-refractivity contribution >= 4 is 29.2 Å². The minimum atomic E-state index is -0.408. The first-order valence-corrected chi connectivity index (χ1v) is 5.07. The molecule has 2 rings (SSSR count). The molecule has 0 aliphatic heterocycles. The predicted octanol–water partition coefficient (Wildman–Crippen LogP) is 2.17. The Bertz CT molecular complexity index is 596. The Hall–Kier alpha value is -2.36. The van der Waals surface area contributed by atoms with Crippen molar-refractivity contribution in [2.45, 2.75) is 0 Å². The van der Waals surface area contributed by atoms with Crippen LogP contribution in [-0.2, 0) is 9.53 Å². The van der Waals surface area contributed by atoms with Gasteiger partial charge < -0.3 is 9.72 Å². The maximum atomic E-state index is 11.0. The number of rotatable bonds is 3. The summed E-state index contributed by atoms with van der Waals surface area (Å²) in [7, 11) is 1.33. The molecule has 2 aromatic rings. The van der Waals surface area contributed by atoms with Gasteiger partial charge in [-0.1, -0.05) is 6.07 Å². The van der Waals surface area contributed by atoms with Crippen LogP contribution in [0.5, 0.6) is 0 Å². The standard InChI is InChI=1S/C13H11NO3/c1-17-13(16)5-3-9-2-4-12-11(6-9)10(8-15)7-14-12/h2-8,14H,1H3. The van der Waals surface area contributed by atoms with E-state index in [4.69, 9.17) is 0 Å². The van der Waals surface area contributed by atoms with Gasteiger partial charge in [0.05, 0.1) is 7.11 Å². The summed E-state index contributed by atoms with van der Waals surface area (Å²) < 4.78 is 4.50. The molecule has 1 aromatic heterocycles. The molecule has 1 aromatic carbocycles. The number of hydrogen-bond acceptors (Lipinski definition) is 3. The molecule has 0 unspecified atom stereocenters. The summed E-state index contributed by atoms with van der Waals surface area (Å²) >= 11 is 0. The van der Waals surface area contributed by atoms with Gasteiger partial charge in [-0.25, -0.2) is 4.79 Å². The van der Waals surface area contributed by atoms with Crippen LogP contribution < -0.4 is 0 Å². The molecule has 0 radical (unpaired) electrons. The molecule has 1 heterocycles. The minimum Gasteiger partial charge on any atom is -0.466 e. The van der Waals surface area contributed by atoms with Crippen molar-refractivity contribution < 1.29 is 14.3 Å². The van der Waals surface area contributed by atoms with E-state index in [0.717, 1.165) is 22.8 Å². The molecule has 0 saturated carbocycles. The van der Waals surface area contributed by atoms with E-state index < -0.39 is 5.97 Å². The van der Waals surface area contributed by atoms with Crippen molar-refractivity contribution in [3.05, 3.63) is 41.6 Å². The average Bonchev–Trinajstić information content (AvgIpc) is 2.78. The summed E-state index contributed by atoms with van der Waals surface area (Å²) in [6.45, 7) is 0. The van der Waals surface area contributed by atoms with Gasteiger partial charge in [-0.05, 0) is 23.8 Å². The van der Waals surface area contributed by atoms with Gasteiger partial charge in [0.25, 0.3) is 0 Å². The Morgan fingerprint density at radius 1 is 1.41 bits per heavy atom. The molecule has 0 atom stereocenters. The van der Waals surface area contributed by atoms with E-state index >= 15 is 0 Å².